The van der Waals surface area contributed by atoms with Crippen LogP contribution in [-0.2, 0) is 28.0 Å². The van der Waals surface area contributed by atoms with Crippen molar-refractivity contribution in [3.63, 3.8) is 0 Å². The minimum atomic E-state index is -0.985. The zero-order chi connectivity index (χ0) is 28.7. The molecule has 0 spiro atoms. The molecule has 3 aliphatic rings. The van der Waals surface area contributed by atoms with Crippen LogP contribution < -0.4 is 15.4 Å². The topological polar surface area (TPSA) is 90.9 Å². The molecule has 2 aromatic carbocycles. The van der Waals surface area contributed by atoms with Crippen LogP contribution in [0.15, 0.2) is 42.5 Å². The molecule has 2 heterocycles. The van der Waals surface area contributed by atoms with Gasteiger partial charge in [-0.25, -0.2) is 4.39 Å². The van der Waals surface area contributed by atoms with Crippen LogP contribution in [-0.4, -0.2) is 60.2 Å². The Balaban J connectivity index is 1.56. The van der Waals surface area contributed by atoms with Gasteiger partial charge in [-0.2, -0.15) is 0 Å². The number of nitrogens with zero attached hydrogens (tertiary/aromatic N) is 1. The Morgan fingerprint density at radius 2 is 2.05 bits per heavy atom. The summed E-state index contributed by atoms with van der Waals surface area (Å²) in [6, 6.07) is 11.5. The average Bonchev–Trinajstić information content (AvgIpc) is 3.75. The molecular formula is C32H40FN3O4. The van der Waals surface area contributed by atoms with Crippen molar-refractivity contribution in [2.45, 2.75) is 82.0 Å². The third-order valence-electron chi connectivity index (χ3n) is 8.05. The third-order valence-corrected chi connectivity index (χ3v) is 8.05. The Morgan fingerprint density at radius 1 is 1.25 bits per heavy atom. The fourth-order valence-electron chi connectivity index (χ4n) is 5.26. The van der Waals surface area contributed by atoms with Crippen molar-refractivity contribution in [1.29, 1.82) is 0 Å². The van der Waals surface area contributed by atoms with Gasteiger partial charge in [0.25, 0.3) is 0 Å². The molecule has 2 aliphatic heterocycles. The largest absolute Gasteiger partial charge is 0.491 e. The van der Waals surface area contributed by atoms with Crippen molar-refractivity contribution in [3.05, 3.63) is 65.0 Å². The molecule has 1 fully saturated rings. The minimum Gasteiger partial charge on any atom is -0.491 e. The molecule has 7 nitrogen and oxygen atoms in total. The first-order valence-corrected chi connectivity index (χ1v) is 14.2. The second-order valence-electron chi connectivity index (χ2n) is 10.9. The lowest BCUT2D eigenvalue weighted by Crippen LogP contribution is -2.55. The van der Waals surface area contributed by atoms with Gasteiger partial charge in [-0.3, -0.25) is 9.59 Å². The molecule has 1 saturated carbocycles. The van der Waals surface area contributed by atoms with Gasteiger partial charge in [0.2, 0.25) is 11.8 Å². The summed E-state index contributed by atoms with van der Waals surface area (Å²) < 4.78 is 20.4. The molecule has 3 atom stereocenters. The van der Waals surface area contributed by atoms with E-state index in [4.69, 9.17) is 11.2 Å². The van der Waals surface area contributed by atoms with Gasteiger partial charge < -0.3 is 25.4 Å². The zero-order valence-corrected chi connectivity index (χ0v) is 23.4. The number of carbonyl (C=O) groups is 2. The number of aliphatic hydroxyl groups excluding tert-OH is 1. The van der Waals surface area contributed by atoms with E-state index in [0.717, 1.165) is 19.3 Å². The van der Waals surface area contributed by atoms with Crippen LogP contribution in [0.2, 0.25) is 0 Å². The molecular weight excluding hydrogens is 509 g/mol. The monoisotopic (exact) mass is 549 g/mol. The molecule has 0 radical (unpaired) electrons. The highest BCUT2D eigenvalue weighted by Crippen LogP contribution is 2.45. The molecule has 3 N–H and O–H groups in total. The first kappa shape index (κ1) is 29.6. The van der Waals surface area contributed by atoms with E-state index in [1.807, 2.05) is 0 Å². The van der Waals surface area contributed by atoms with Crippen LogP contribution in [0, 0.1) is 18.2 Å². The van der Waals surface area contributed by atoms with Gasteiger partial charge in [0.15, 0.2) is 11.6 Å². The van der Waals surface area contributed by atoms with Gasteiger partial charge in [0.1, 0.15) is 6.04 Å². The number of terminal acetylenes is 1. The Bertz CT molecular complexity index is 1240. The SMILES string of the molecule is C#CC[C@H]1C(=O)N[C@H]([C@H](O)CNC2(c3cccc(CC)c3)CC2)Cc2ccc(c(F)c2)OCCCCC(=O)N1C. The summed E-state index contributed by atoms with van der Waals surface area (Å²) in [5, 5.41) is 17.8. The molecule has 40 heavy (non-hydrogen) atoms. The van der Waals surface area contributed by atoms with Crippen LogP contribution >= 0.6 is 0 Å². The highest BCUT2D eigenvalue weighted by molar-refractivity contribution is 5.88. The van der Waals surface area contributed by atoms with Gasteiger partial charge in [0, 0.05) is 32.0 Å². The Morgan fingerprint density at radius 3 is 2.75 bits per heavy atom. The highest BCUT2D eigenvalue weighted by atomic mass is 19.1. The molecule has 0 saturated heterocycles. The second-order valence-corrected chi connectivity index (χ2v) is 10.9. The van der Waals surface area contributed by atoms with Crippen molar-refractivity contribution in [1.82, 2.24) is 15.5 Å². The maximum absolute atomic E-state index is 14.8. The second kappa shape index (κ2) is 13.3. The molecule has 1 aliphatic carbocycles. The summed E-state index contributed by atoms with van der Waals surface area (Å²) in [5.74, 6) is 1.49. The molecule has 8 heteroatoms. The highest BCUT2D eigenvalue weighted by Gasteiger charge is 2.44. The molecule has 2 aromatic rings. The van der Waals surface area contributed by atoms with E-state index in [1.54, 1.807) is 19.2 Å². The predicted molar refractivity (Wildman–Crippen MR) is 152 cm³/mol. The van der Waals surface area contributed by atoms with Crippen molar-refractivity contribution in [2.75, 3.05) is 20.2 Å². The number of amides is 2. The lowest BCUT2D eigenvalue weighted by Gasteiger charge is -2.31. The lowest BCUT2D eigenvalue weighted by atomic mass is 9.98. The smallest absolute Gasteiger partial charge is 0.244 e. The molecule has 0 unspecified atom stereocenters. The van der Waals surface area contributed by atoms with Crippen molar-refractivity contribution >= 4 is 11.8 Å². The molecule has 2 amide bonds. The Hall–Kier alpha value is -3.41. The summed E-state index contributed by atoms with van der Waals surface area (Å²) in [5.41, 5.74) is 2.84. The lowest BCUT2D eigenvalue weighted by molar-refractivity contribution is -0.139. The summed E-state index contributed by atoms with van der Waals surface area (Å²) in [6.07, 6.45) is 8.96. The first-order chi connectivity index (χ1) is 19.3. The number of carbonyl (C=O) groups excluding carboxylic acids is 2. The number of rotatable bonds is 7. The van der Waals surface area contributed by atoms with Crippen LogP contribution in [0.1, 0.15) is 62.1 Å². The fraction of sp³-hybridized carbons (Fsp3) is 0.500. The van der Waals surface area contributed by atoms with Gasteiger partial charge in [-0.1, -0.05) is 37.3 Å². The van der Waals surface area contributed by atoms with Crippen LogP contribution in [0.25, 0.3) is 0 Å². The van der Waals surface area contributed by atoms with Crippen LogP contribution in [0.5, 0.6) is 5.75 Å². The third kappa shape index (κ3) is 7.21. The minimum absolute atomic E-state index is 0.0401. The molecule has 214 valence electrons. The van der Waals surface area contributed by atoms with Gasteiger partial charge >= 0.3 is 0 Å². The number of hydrogen-bond donors (Lipinski definition) is 3. The molecule has 2 bridgehead atoms. The van der Waals surface area contributed by atoms with Crippen LogP contribution in [0.3, 0.4) is 0 Å². The van der Waals surface area contributed by atoms with E-state index < -0.39 is 29.9 Å². The normalized spacial score (nSPS) is 22.2. The first-order valence-electron chi connectivity index (χ1n) is 14.2. The van der Waals surface area contributed by atoms with Gasteiger partial charge in [0.05, 0.1) is 18.8 Å². The van der Waals surface area contributed by atoms with E-state index in [9.17, 15) is 19.1 Å². The Kier molecular flexibility index (Phi) is 9.83. The van der Waals surface area contributed by atoms with E-state index in [1.165, 1.54) is 22.1 Å². The standard InChI is InChI=1S/C32H40FN3O4/c1-4-9-27-31(39)35-26(28(37)21-34-32(15-16-32)24-11-8-10-22(5-2)18-24)20-23-13-14-29(25(33)19-23)40-17-7-6-12-30(38)36(27)3/h1,8,10-11,13-14,18-19,26-28,34,37H,5-7,9,12,15-17,20-21H2,2-3H3,(H,35,39)/t26-,27-,28+/m0/s1. The van der Waals surface area contributed by atoms with E-state index >= 15 is 0 Å². The van der Waals surface area contributed by atoms with E-state index in [0.29, 0.717) is 18.4 Å². The molecule has 5 rings (SSSR count). The number of benzene rings is 2. The van der Waals surface area contributed by atoms with Crippen molar-refractivity contribution in [2.24, 2.45) is 0 Å². The van der Waals surface area contributed by atoms with E-state index in [2.05, 4.69) is 47.7 Å². The number of hydrogen-bond acceptors (Lipinski definition) is 5. The maximum Gasteiger partial charge on any atom is 0.244 e. The van der Waals surface area contributed by atoms with Gasteiger partial charge in [-0.05, 0) is 67.3 Å². The maximum atomic E-state index is 14.8. The number of aryl methyl sites for hydroxylation is 1. The van der Waals surface area contributed by atoms with Crippen LogP contribution in [0.4, 0.5) is 4.39 Å². The number of halogens is 1. The quantitative estimate of drug-likeness (QED) is 0.461. The Labute approximate surface area is 236 Å². The predicted octanol–water partition coefficient (Wildman–Crippen LogP) is 3.47. The number of likely N-dealkylation sites (N-methyl/N-ethyl adjacent to an activating group) is 1. The summed E-state index contributed by atoms with van der Waals surface area (Å²) in [4.78, 5) is 27.7. The summed E-state index contributed by atoms with van der Waals surface area (Å²) in [7, 11) is 1.57. The number of ether oxygens (including phenoxy) is 1. The average molecular weight is 550 g/mol. The van der Waals surface area contributed by atoms with Crippen molar-refractivity contribution < 1.29 is 23.8 Å². The molecule has 0 aromatic heterocycles. The van der Waals surface area contributed by atoms with Gasteiger partial charge in [-0.15, -0.1) is 12.3 Å². The summed E-state index contributed by atoms with van der Waals surface area (Å²) >= 11 is 0. The van der Waals surface area contributed by atoms with Crippen molar-refractivity contribution in [3.8, 4) is 18.1 Å². The fourth-order valence-corrected chi connectivity index (χ4v) is 5.26. The number of aliphatic hydroxyl groups is 1. The number of nitrogens with one attached hydrogen (secondary N) is 2. The van der Waals surface area contributed by atoms with E-state index in [-0.39, 0.29) is 49.6 Å². The zero-order valence-electron chi connectivity index (χ0n) is 23.4. The number of fused-ring (bicyclic) bond motifs is 13. The summed E-state index contributed by atoms with van der Waals surface area (Å²) in [6.45, 7) is 2.62.